The Morgan fingerprint density at radius 1 is 1.36 bits per heavy atom. The summed E-state index contributed by atoms with van der Waals surface area (Å²) < 4.78 is 16.4. The molecule has 1 spiro atoms. The number of aliphatic carboxylic acids is 1. The number of amides is 1. The van der Waals surface area contributed by atoms with E-state index >= 15 is 0 Å². The average molecular weight is 366 g/mol. The van der Waals surface area contributed by atoms with E-state index in [0.717, 1.165) is 0 Å². The fraction of sp³-hybridized carbons (Fsp3) is 0.412. The number of ether oxygens (including phenoxy) is 3. The molecule has 25 heavy (non-hydrogen) atoms. The van der Waals surface area contributed by atoms with E-state index in [1.165, 1.54) is 19.1 Å². The minimum atomic E-state index is -1.03. The third kappa shape index (κ3) is 2.09. The van der Waals surface area contributed by atoms with Crippen molar-refractivity contribution in [2.75, 3.05) is 25.7 Å². The molecule has 1 aromatic carbocycles. The van der Waals surface area contributed by atoms with Gasteiger partial charge in [0.2, 0.25) is 5.91 Å². The Morgan fingerprint density at radius 3 is 2.72 bits per heavy atom. The van der Waals surface area contributed by atoms with Gasteiger partial charge in [0.25, 0.3) is 0 Å². The van der Waals surface area contributed by atoms with E-state index < -0.39 is 29.5 Å². The molecule has 1 N–H and O–H groups in total. The highest BCUT2D eigenvalue weighted by Gasteiger charge is 2.67. The summed E-state index contributed by atoms with van der Waals surface area (Å²) in [6, 6.07) is 3.18. The molecule has 0 aliphatic carbocycles. The molecule has 3 aliphatic rings. The van der Waals surface area contributed by atoms with Gasteiger partial charge in [0.1, 0.15) is 23.0 Å². The molecule has 4 rings (SSSR count). The van der Waals surface area contributed by atoms with Crippen molar-refractivity contribution in [1.82, 2.24) is 0 Å². The van der Waals surface area contributed by atoms with Crippen LogP contribution in [-0.2, 0) is 14.3 Å². The molecule has 8 heteroatoms. The summed E-state index contributed by atoms with van der Waals surface area (Å²) in [7, 11) is 2.97. The first-order valence-electron chi connectivity index (χ1n) is 7.75. The average Bonchev–Trinajstić information content (AvgIpc) is 3.22. The molecule has 4 atom stereocenters. The third-order valence-electron chi connectivity index (χ3n) is 5.13. The van der Waals surface area contributed by atoms with E-state index in [9.17, 15) is 14.7 Å². The molecule has 0 aromatic heterocycles. The highest BCUT2D eigenvalue weighted by Crippen LogP contribution is 2.54. The lowest BCUT2D eigenvalue weighted by Crippen LogP contribution is -2.39. The van der Waals surface area contributed by atoms with Crippen LogP contribution in [0.3, 0.4) is 0 Å². The number of halogens is 1. The second-order valence-corrected chi connectivity index (χ2v) is 6.73. The van der Waals surface area contributed by atoms with Crippen LogP contribution in [0.25, 0.3) is 0 Å². The van der Waals surface area contributed by atoms with Crippen LogP contribution in [0.2, 0.25) is 5.02 Å². The quantitative estimate of drug-likeness (QED) is 0.818. The summed E-state index contributed by atoms with van der Waals surface area (Å²) in [6.07, 6.45) is 2.97. The smallest absolute Gasteiger partial charge is 0.310 e. The lowest BCUT2D eigenvalue weighted by molar-refractivity contribution is -0.146. The molecule has 0 saturated carbocycles. The Morgan fingerprint density at radius 2 is 2.08 bits per heavy atom. The maximum atomic E-state index is 13.0. The van der Waals surface area contributed by atoms with Crippen molar-refractivity contribution in [3.63, 3.8) is 0 Å². The normalized spacial score (nSPS) is 32.2. The SMILES string of the molecule is COc1cc(OC)c(N2C[C@]34C=C[C@H](O3)[C@@H](C(=O)O)[C@@H]4C2=O)cc1Cl. The lowest BCUT2D eigenvalue weighted by Gasteiger charge is -2.23. The van der Waals surface area contributed by atoms with Crippen molar-refractivity contribution >= 4 is 29.2 Å². The van der Waals surface area contributed by atoms with Crippen molar-refractivity contribution in [2.24, 2.45) is 11.8 Å². The zero-order valence-corrected chi connectivity index (χ0v) is 14.3. The zero-order valence-electron chi connectivity index (χ0n) is 13.6. The highest BCUT2D eigenvalue weighted by atomic mass is 35.5. The second-order valence-electron chi connectivity index (χ2n) is 6.32. The molecule has 0 unspecified atom stereocenters. The van der Waals surface area contributed by atoms with Crippen molar-refractivity contribution in [3.05, 3.63) is 29.3 Å². The minimum absolute atomic E-state index is 0.215. The largest absolute Gasteiger partial charge is 0.495 e. The summed E-state index contributed by atoms with van der Waals surface area (Å²) in [5, 5.41) is 9.85. The van der Waals surface area contributed by atoms with Crippen LogP contribution in [0.15, 0.2) is 24.3 Å². The third-order valence-corrected chi connectivity index (χ3v) is 5.42. The number of fused-ring (bicyclic) bond motifs is 1. The Labute approximate surface area is 148 Å². The van der Waals surface area contributed by atoms with Gasteiger partial charge in [-0.1, -0.05) is 23.8 Å². The first kappa shape index (κ1) is 16.2. The van der Waals surface area contributed by atoms with E-state index in [0.29, 0.717) is 22.2 Å². The van der Waals surface area contributed by atoms with Gasteiger partial charge in [-0.15, -0.1) is 0 Å². The second kappa shape index (κ2) is 5.37. The standard InChI is InChI=1S/C17H16ClNO6/c1-23-11-6-12(24-2)9(5-8(11)18)19-7-17-4-3-10(25-17)13(16(21)22)14(17)15(19)20/h3-6,10,13-14H,7H2,1-2H3,(H,21,22)/t10-,13+,14+,17-/m0/s1. The van der Waals surface area contributed by atoms with Crippen LogP contribution in [-0.4, -0.2) is 49.5 Å². The topological polar surface area (TPSA) is 85.3 Å². The van der Waals surface area contributed by atoms with Gasteiger partial charge in [-0.25, -0.2) is 0 Å². The number of hydrogen-bond donors (Lipinski definition) is 1. The lowest BCUT2D eigenvalue weighted by atomic mass is 9.77. The monoisotopic (exact) mass is 365 g/mol. The molecule has 7 nitrogen and oxygen atoms in total. The maximum absolute atomic E-state index is 13.0. The summed E-state index contributed by atoms with van der Waals surface area (Å²) in [5.74, 6) is -2.15. The molecule has 1 amide bonds. The van der Waals surface area contributed by atoms with Crippen LogP contribution in [0.4, 0.5) is 5.69 Å². The first-order chi connectivity index (χ1) is 11.9. The van der Waals surface area contributed by atoms with Crippen LogP contribution >= 0.6 is 11.6 Å². The highest BCUT2D eigenvalue weighted by molar-refractivity contribution is 6.32. The fourth-order valence-corrected chi connectivity index (χ4v) is 4.27. The molecule has 3 aliphatic heterocycles. The van der Waals surface area contributed by atoms with Gasteiger partial charge < -0.3 is 24.2 Å². The fourth-order valence-electron chi connectivity index (χ4n) is 4.04. The summed E-state index contributed by atoms with van der Waals surface area (Å²) in [5.41, 5.74) is -0.450. The van der Waals surface area contributed by atoms with Crippen LogP contribution < -0.4 is 14.4 Å². The molecule has 2 fully saturated rings. The molecule has 132 valence electrons. The first-order valence-corrected chi connectivity index (χ1v) is 8.12. The number of benzene rings is 1. The van der Waals surface area contributed by atoms with Crippen molar-refractivity contribution in [2.45, 2.75) is 11.7 Å². The molecule has 0 radical (unpaired) electrons. The zero-order chi connectivity index (χ0) is 17.9. The molecule has 3 heterocycles. The van der Waals surface area contributed by atoms with Gasteiger partial charge in [0, 0.05) is 6.07 Å². The van der Waals surface area contributed by atoms with Gasteiger partial charge in [-0.3, -0.25) is 9.59 Å². The Hall–Kier alpha value is -2.25. The van der Waals surface area contributed by atoms with Gasteiger partial charge >= 0.3 is 5.97 Å². The van der Waals surface area contributed by atoms with Crippen LogP contribution in [0, 0.1) is 11.8 Å². The van der Waals surface area contributed by atoms with Crippen molar-refractivity contribution in [3.8, 4) is 11.5 Å². The molecular formula is C17H16ClNO6. The van der Waals surface area contributed by atoms with E-state index in [1.807, 2.05) is 0 Å². The number of carbonyl (C=O) groups is 2. The molecule has 1 aromatic rings. The number of rotatable bonds is 4. The summed E-state index contributed by atoms with van der Waals surface area (Å²) in [6.45, 7) is 0.215. The Kier molecular flexibility index (Phi) is 3.49. The predicted octanol–water partition coefficient (Wildman–Crippen LogP) is 1.73. The predicted molar refractivity (Wildman–Crippen MR) is 88.3 cm³/mol. The number of hydrogen-bond acceptors (Lipinski definition) is 5. The Bertz CT molecular complexity index is 809. The number of carbonyl (C=O) groups excluding carboxylic acids is 1. The number of methoxy groups -OCH3 is 2. The van der Waals surface area contributed by atoms with Crippen molar-refractivity contribution < 1.29 is 28.9 Å². The Balaban J connectivity index is 1.77. The van der Waals surface area contributed by atoms with Crippen LogP contribution in [0.1, 0.15) is 0 Å². The van der Waals surface area contributed by atoms with Gasteiger partial charge in [-0.2, -0.15) is 0 Å². The number of carboxylic acid groups (broad SMARTS) is 1. The van der Waals surface area contributed by atoms with Crippen LogP contribution in [0.5, 0.6) is 11.5 Å². The van der Waals surface area contributed by atoms with E-state index in [2.05, 4.69) is 0 Å². The maximum Gasteiger partial charge on any atom is 0.310 e. The van der Waals surface area contributed by atoms with E-state index in [1.54, 1.807) is 24.3 Å². The number of anilines is 1. The van der Waals surface area contributed by atoms with E-state index in [4.69, 9.17) is 25.8 Å². The van der Waals surface area contributed by atoms with Gasteiger partial charge in [0.15, 0.2) is 0 Å². The molecule has 2 bridgehead atoms. The molecular weight excluding hydrogens is 350 g/mol. The van der Waals surface area contributed by atoms with E-state index in [-0.39, 0.29) is 12.5 Å². The van der Waals surface area contributed by atoms with Gasteiger partial charge in [0.05, 0.1) is 43.5 Å². The number of carboxylic acids is 1. The van der Waals surface area contributed by atoms with Gasteiger partial charge in [-0.05, 0) is 6.07 Å². The van der Waals surface area contributed by atoms with Crippen molar-refractivity contribution in [1.29, 1.82) is 0 Å². The summed E-state index contributed by atoms with van der Waals surface area (Å²) in [4.78, 5) is 26.2. The number of nitrogens with zero attached hydrogens (tertiary/aromatic N) is 1. The minimum Gasteiger partial charge on any atom is -0.495 e. The summed E-state index contributed by atoms with van der Waals surface area (Å²) >= 11 is 6.20. The molecule has 2 saturated heterocycles.